The van der Waals surface area contributed by atoms with Crippen LogP contribution in [0.1, 0.15) is 40.2 Å². The average molecular weight is 425 g/mol. The van der Waals surface area contributed by atoms with Crippen LogP contribution >= 0.6 is 0 Å². The predicted molar refractivity (Wildman–Crippen MR) is 97.3 cm³/mol. The van der Waals surface area contributed by atoms with Crippen molar-refractivity contribution >= 4 is 11.7 Å². The smallest absolute Gasteiger partial charge is 0.422 e. The van der Waals surface area contributed by atoms with Gasteiger partial charge in [0.05, 0.1) is 0 Å². The predicted octanol–water partition coefficient (Wildman–Crippen LogP) is 3.32. The van der Waals surface area contributed by atoms with Gasteiger partial charge in [-0.3, -0.25) is 14.6 Å². The van der Waals surface area contributed by atoms with Crippen LogP contribution in [-0.4, -0.2) is 34.4 Å². The lowest BCUT2D eigenvalue weighted by Crippen LogP contribution is -2.24. The number of carbonyl (C=O) groups is 2. The largest absolute Gasteiger partial charge is 0.466 e. The summed E-state index contributed by atoms with van der Waals surface area (Å²) in [6.07, 6.45) is -1.23. The fourth-order valence-corrected chi connectivity index (χ4v) is 2.75. The van der Waals surface area contributed by atoms with Crippen LogP contribution in [0.4, 0.5) is 17.6 Å². The highest BCUT2D eigenvalue weighted by Gasteiger charge is 2.30. The number of halogens is 4. The van der Waals surface area contributed by atoms with Crippen LogP contribution < -0.4 is 10.1 Å². The standard InChI is InChI=1S/C20H19F4N3O3/c1-11-14(7-16(21)19(27-11)30-10-20(22,23)24)9-26-18(29)13-4-5-25-15(6-13)8-17(28)12-2-3-12/h4-7,12H,2-3,8-10H2,1H3,(H,26,29). The van der Waals surface area contributed by atoms with E-state index in [-0.39, 0.29) is 30.4 Å². The number of ether oxygens (including phenoxy) is 1. The maximum Gasteiger partial charge on any atom is 0.422 e. The van der Waals surface area contributed by atoms with Crippen LogP contribution in [0.3, 0.4) is 0 Å². The summed E-state index contributed by atoms with van der Waals surface area (Å²) in [6, 6.07) is 3.98. The molecule has 10 heteroatoms. The summed E-state index contributed by atoms with van der Waals surface area (Å²) in [5.41, 5.74) is 1.30. The van der Waals surface area contributed by atoms with Crippen molar-refractivity contribution in [3.8, 4) is 5.88 Å². The third-order valence-corrected chi connectivity index (χ3v) is 4.52. The molecule has 2 heterocycles. The van der Waals surface area contributed by atoms with E-state index in [1.165, 1.54) is 25.3 Å². The highest BCUT2D eigenvalue weighted by molar-refractivity contribution is 5.94. The number of aromatic nitrogens is 2. The number of aryl methyl sites for hydroxylation is 1. The number of alkyl halides is 3. The molecular formula is C20H19F4N3O3. The molecule has 1 aliphatic carbocycles. The van der Waals surface area contributed by atoms with Crippen LogP contribution in [0, 0.1) is 18.7 Å². The topological polar surface area (TPSA) is 81.2 Å². The van der Waals surface area contributed by atoms with Gasteiger partial charge in [0.1, 0.15) is 5.78 Å². The molecule has 160 valence electrons. The molecule has 0 aliphatic heterocycles. The van der Waals surface area contributed by atoms with Gasteiger partial charge < -0.3 is 10.1 Å². The van der Waals surface area contributed by atoms with Gasteiger partial charge in [-0.05, 0) is 43.5 Å². The molecule has 0 unspecified atom stereocenters. The number of hydrogen-bond donors (Lipinski definition) is 1. The van der Waals surface area contributed by atoms with Crippen LogP contribution in [0.2, 0.25) is 0 Å². The molecule has 1 aliphatic rings. The number of amides is 1. The van der Waals surface area contributed by atoms with Crippen LogP contribution in [0.25, 0.3) is 0 Å². The van der Waals surface area contributed by atoms with E-state index in [4.69, 9.17) is 0 Å². The van der Waals surface area contributed by atoms with E-state index in [2.05, 4.69) is 20.0 Å². The molecule has 2 aromatic rings. The number of nitrogens with one attached hydrogen (secondary N) is 1. The number of Topliss-reactive ketones (excluding diaryl/α,β-unsaturated/α-hetero) is 1. The van der Waals surface area contributed by atoms with Gasteiger partial charge in [-0.25, -0.2) is 9.37 Å². The third kappa shape index (κ3) is 5.98. The summed E-state index contributed by atoms with van der Waals surface area (Å²) in [6.45, 7) is -0.276. The lowest BCUT2D eigenvalue weighted by atomic mass is 10.1. The monoisotopic (exact) mass is 425 g/mol. The Morgan fingerprint density at radius 1 is 1.27 bits per heavy atom. The maximum absolute atomic E-state index is 14.0. The summed E-state index contributed by atoms with van der Waals surface area (Å²) in [5.74, 6) is -2.07. The Kier molecular flexibility index (Phi) is 6.33. The Hall–Kier alpha value is -3.04. The third-order valence-electron chi connectivity index (χ3n) is 4.52. The first-order valence-corrected chi connectivity index (χ1v) is 9.24. The first-order valence-electron chi connectivity index (χ1n) is 9.24. The van der Waals surface area contributed by atoms with E-state index >= 15 is 0 Å². The summed E-state index contributed by atoms with van der Waals surface area (Å²) >= 11 is 0. The number of pyridine rings is 2. The van der Waals surface area contributed by atoms with Crippen molar-refractivity contribution < 1.29 is 31.9 Å². The zero-order valence-corrected chi connectivity index (χ0v) is 16.1. The molecule has 0 aromatic carbocycles. The van der Waals surface area contributed by atoms with Crippen molar-refractivity contribution in [2.45, 2.75) is 38.9 Å². The maximum atomic E-state index is 14.0. The molecule has 1 saturated carbocycles. The van der Waals surface area contributed by atoms with Gasteiger partial charge in [0.25, 0.3) is 11.8 Å². The number of rotatable bonds is 8. The molecule has 6 nitrogen and oxygen atoms in total. The van der Waals surface area contributed by atoms with Crippen molar-refractivity contribution in [1.29, 1.82) is 0 Å². The minimum absolute atomic E-state index is 0.0905. The van der Waals surface area contributed by atoms with Crippen molar-refractivity contribution in [1.82, 2.24) is 15.3 Å². The number of nitrogens with zero attached hydrogens (tertiary/aromatic N) is 2. The van der Waals surface area contributed by atoms with Gasteiger partial charge >= 0.3 is 6.18 Å². The number of hydrogen-bond acceptors (Lipinski definition) is 5. The summed E-state index contributed by atoms with van der Waals surface area (Å²) < 4.78 is 55.0. The highest BCUT2D eigenvalue weighted by Crippen LogP contribution is 2.30. The van der Waals surface area contributed by atoms with Crippen LogP contribution in [0.15, 0.2) is 24.4 Å². The summed E-state index contributed by atoms with van der Waals surface area (Å²) in [7, 11) is 0. The second-order valence-corrected chi connectivity index (χ2v) is 7.06. The Labute approximate surface area is 169 Å². The Morgan fingerprint density at radius 3 is 2.67 bits per heavy atom. The van der Waals surface area contributed by atoms with Gasteiger partial charge in [0.2, 0.25) is 0 Å². The normalized spacial score (nSPS) is 13.8. The van der Waals surface area contributed by atoms with Crippen molar-refractivity contribution in [2.75, 3.05) is 6.61 Å². The first-order chi connectivity index (χ1) is 14.1. The van der Waals surface area contributed by atoms with Gasteiger partial charge in [0, 0.05) is 42.0 Å². The van der Waals surface area contributed by atoms with Gasteiger partial charge in [-0.2, -0.15) is 13.2 Å². The molecule has 1 N–H and O–H groups in total. The lowest BCUT2D eigenvalue weighted by molar-refractivity contribution is -0.154. The minimum atomic E-state index is -4.61. The van der Waals surface area contributed by atoms with E-state index in [0.29, 0.717) is 16.8 Å². The molecule has 1 amide bonds. The Morgan fingerprint density at radius 2 is 2.00 bits per heavy atom. The molecule has 0 atom stereocenters. The zero-order valence-electron chi connectivity index (χ0n) is 16.1. The molecule has 0 spiro atoms. The van der Waals surface area contributed by atoms with Crippen LogP contribution in [0.5, 0.6) is 5.88 Å². The Balaban J connectivity index is 1.61. The van der Waals surface area contributed by atoms with E-state index in [1.807, 2.05) is 0 Å². The van der Waals surface area contributed by atoms with E-state index in [1.54, 1.807) is 0 Å². The lowest BCUT2D eigenvalue weighted by Gasteiger charge is -2.12. The molecule has 3 rings (SSSR count). The first kappa shape index (κ1) is 21.7. The van der Waals surface area contributed by atoms with Gasteiger partial charge in [-0.1, -0.05) is 0 Å². The van der Waals surface area contributed by atoms with Crippen LogP contribution in [-0.2, 0) is 17.8 Å². The second-order valence-electron chi connectivity index (χ2n) is 7.06. The van der Waals surface area contributed by atoms with E-state index in [0.717, 1.165) is 18.9 Å². The van der Waals surface area contributed by atoms with E-state index < -0.39 is 30.4 Å². The fraction of sp³-hybridized carbons (Fsp3) is 0.400. The molecule has 1 fully saturated rings. The molecule has 0 bridgehead atoms. The number of ketones is 1. The summed E-state index contributed by atoms with van der Waals surface area (Å²) in [5, 5.41) is 2.60. The zero-order chi connectivity index (χ0) is 21.9. The summed E-state index contributed by atoms with van der Waals surface area (Å²) in [4.78, 5) is 32.1. The molecule has 30 heavy (non-hydrogen) atoms. The SMILES string of the molecule is Cc1nc(OCC(F)(F)F)c(F)cc1CNC(=O)c1ccnc(CC(=O)C2CC2)c1. The average Bonchev–Trinajstić information content (AvgIpc) is 3.52. The minimum Gasteiger partial charge on any atom is -0.466 e. The second kappa shape index (κ2) is 8.76. The highest BCUT2D eigenvalue weighted by atomic mass is 19.4. The molecule has 0 radical (unpaired) electrons. The molecular weight excluding hydrogens is 406 g/mol. The molecule has 2 aromatic heterocycles. The molecule has 0 saturated heterocycles. The van der Waals surface area contributed by atoms with Crippen molar-refractivity contribution in [2.24, 2.45) is 5.92 Å². The van der Waals surface area contributed by atoms with E-state index in [9.17, 15) is 27.2 Å². The van der Waals surface area contributed by atoms with Crippen molar-refractivity contribution in [3.63, 3.8) is 0 Å². The quantitative estimate of drug-likeness (QED) is 0.657. The van der Waals surface area contributed by atoms with Gasteiger partial charge in [0.15, 0.2) is 12.4 Å². The van der Waals surface area contributed by atoms with Gasteiger partial charge in [-0.15, -0.1) is 0 Å². The van der Waals surface area contributed by atoms with Crippen molar-refractivity contribution in [3.05, 3.63) is 52.7 Å². The fourth-order valence-electron chi connectivity index (χ4n) is 2.75. The number of carbonyl (C=O) groups excluding carboxylic acids is 2. The Bertz CT molecular complexity index is 959.